The minimum Gasteiger partial charge on any atom is -0.354 e. The van der Waals surface area contributed by atoms with Crippen LogP contribution in [0.2, 0.25) is 0 Å². The van der Waals surface area contributed by atoms with E-state index in [1.54, 1.807) is 0 Å². The van der Waals surface area contributed by atoms with Crippen molar-refractivity contribution in [3.8, 4) is 0 Å². The van der Waals surface area contributed by atoms with Gasteiger partial charge >= 0.3 is 0 Å². The molecule has 0 amide bonds. The molecule has 2 aromatic heterocycles. The van der Waals surface area contributed by atoms with Crippen LogP contribution in [0.1, 0.15) is 0 Å². The number of benzene rings is 2. The van der Waals surface area contributed by atoms with Crippen LogP contribution < -0.4 is 5.32 Å². The standard InChI is InChI=1S/C18H13N3/c1-3-7-15-13(5-1)17(9-11-19-15)21-18-10-12-20-16-8-4-2-6-14(16)18/h1-12H,(H,19,20,21). The molecule has 0 saturated heterocycles. The first-order chi connectivity index (χ1) is 10.4. The maximum Gasteiger partial charge on any atom is 0.0722 e. The number of fused-ring (bicyclic) bond motifs is 2. The third-order valence-electron chi connectivity index (χ3n) is 3.57. The first kappa shape index (κ1) is 11.9. The Bertz CT molecular complexity index is 844. The fourth-order valence-corrected chi connectivity index (χ4v) is 2.55. The van der Waals surface area contributed by atoms with Gasteiger partial charge in [0, 0.05) is 34.5 Å². The lowest BCUT2D eigenvalue weighted by Gasteiger charge is -2.11. The van der Waals surface area contributed by atoms with E-state index in [-0.39, 0.29) is 0 Å². The molecular weight excluding hydrogens is 258 g/mol. The molecule has 1 N–H and O–H groups in total. The van der Waals surface area contributed by atoms with Crippen molar-refractivity contribution in [2.75, 3.05) is 5.32 Å². The molecule has 0 saturated carbocycles. The molecule has 0 aliphatic carbocycles. The molecular formula is C18H13N3. The number of nitrogens with one attached hydrogen (secondary N) is 1. The van der Waals surface area contributed by atoms with Gasteiger partial charge in [0.15, 0.2) is 0 Å². The van der Waals surface area contributed by atoms with Crippen LogP contribution in [0.15, 0.2) is 73.1 Å². The van der Waals surface area contributed by atoms with Gasteiger partial charge in [0.05, 0.1) is 11.0 Å². The summed E-state index contributed by atoms with van der Waals surface area (Å²) in [6, 6.07) is 20.2. The van der Waals surface area contributed by atoms with Crippen molar-refractivity contribution in [1.82, 2.24) is 9.97 Å². The molecule has 0 spiro atoms. The maximum absolute atomic E-state index is 4.39. The third kappa shape index (κ3) is 2.09. The lowest BCUT2D eigenvalue weighted by Crippen LogP contribution is -1.94. The second kappa shape index (κ2) is 4.87. The minimum atomic E-state index is 0.987. The normalized spacial score (nSPS) is 10.9. The Morgan fingerprint density at radius 1 is 0.571 bits per heavy atom. The van der Waals surface area contributed by atoms with Gasteiger partial charge in [-0.2, -0.15) is 0 Å². The average Bonchev–Trinajstić information content (AvgIpc) is 2.56. The molecule has 0 aliphatic rings. The van der Waals surface area contributed by atoms with Gasteiger partial charge in [0.1, 0.15) is 0 Å². The number of rotatable bonds is 2. The Balaban J connectivity index is 1.87. The molecule has 0 fully saturated rings. The van der Waals surface area contributed by atoms with Crippen LogP contribution in [-0.2, 0) is 0 Å². The van der Waals surface area contributed by atoms with Gasteiger partial charge in [-0.15, -0.1) is 0 Å². The van der Waals surface area contributed by atoms with Gasteiger partial charge in [0.2, 0.25) is 0 Å². The molecule has 0 aliphatic heterocycles. The molecule has 3 heteroatoms. The van der Waals surface area contributed by atoms with Crippen LogP contribution in [-0.4, -0.2) is 9.97 Å². The zero-order valence-electron chi connectivity index (χ0n) is 11.3. The monoisotopic (exact) mass is 271 g/mol. The summed E-state index contributed by atoms with van der Waals surface area (Å²) in [6.45, 7) is 0. The molecule has 21 heavy (non-hydrogen) atoms. The fraction of sp³-hybridized carbons (Fsp3) is 0. The highest BCUT2D eigenvalue weighted by Gasteiger charge is 2.04. The van der Waals surface area contributed by atoms with Gasteiger partial charge < -0.3 is 5.32 Å². The zero-order valence-corrected chi connectivity index (χ0v) is 11.3. The summed E-state index contributed by atoms with van der Waals surface area (Å²) < 4.78 is 0. The van der Waals surface area contributed by atoms with Crippen molar-refractivity contribution in [2.24, 2.45) is 0 Å². The van der Waals surface area contributed by atoms with Crippen molar-refractivity contribution in [1.29, 1.82) is 0 Å². The molecule has 3 nitrogen and oxygen atoms in total. The second-order valence-corrected chi connectivity index (χ2v) is 4.88. The molecule has 0 unspecified atom stereocenters. The molecule has 0 bridgehead atoms. The van der Waals surface area contributed by atoms with Gasteiger partial charge in [-0.1, -0.05) is 36.4 Å². The van der Waals surface area contributed by atoms with E-state index in [1.165, 1.54) is 0 Å². The first-order valence-electron chi connectivity index (χ1n) is 6.86. The minimum absolute atomic E-state index is 0.987. The van der Waals surface area contributed by atoms with Gasteiger partial charge in [-0.25, -0.2) is 0 Å². The highest BCUT2D eigenvalue weighted by molar-refractivity contribution is 5.98. The van der Waals surface area contributed by atoms with E-state index in [2.05, 4.69) is 27.4 Å². The predicted octanol–water partition coefficient (Wildman–Crippen LogP) is 4.53. The van der Waals surface area contributed by atoms with Crippen molar-refractivity contribution < 1.29 is 0 Å². The van der Waals surface area contributed by atoms with E-state index >= 15 is 0 Å². The van der Waals surface area contributed by atoms with Crippen LogP contribution in [0.4, 0.5) is 11.4 Å². The van der Waals surface area contributed by atoms with E-state index in [4.69, 9.17) is 0 Å². The first-order valence-corrected chi connectivity index (χ1v) is 6.86. The Morgan fingerprint density at radius 3 is 1.57 bits per heavy atom. The van der Waals surface area contributed by atoms with E-state index in [1.807, 2.05) is 60.9 Å². The highest BCUT2D eigenvalue weighted by atomic mass is 14.9. The number of pyridine rings is 2. The van der Waals surface area contributed by atoms with Gasteiger partial charge in [-0.05, 0) is 24.3 Å². The highest BCUT2D eigenvalue weighted by Crippen LogP contribution is 2.28. The predicted molar refractivity (Wildman–Crippen MR) is 86.8 cm³/mol. The van der Waals surface area contributed by atoms with E-state index in [0.29, 0.717) is 0 Å². The number of nitrogens with zero attached hydrogens (tertiary/aromatic N) is 2. The van der Waals surface area contributed by atoms with Crippen molar-refractivity contribution >= 4 is 33.2 Å². The topological polar surface area (TPSA) is 37.8 Å². The number of anilines is 2. The summed E-state index contributed by atoms with van der Waals surface area (Å²) in [5.41, 5.74) is 4.08. The Hall–Kier alpha value is -2.94. The lowest BCUT2D eigenvalue weighted by molar-refractivity contribution is 1.39. The summed E-state index contributed by atoms with van der Waals surface area (Å²) in [5, 5.41) is 5.73. The number of hydrogen-bond donors (Lipinski definition) is 1. The van der Waals surface area contributed by atoms with Crippen molar-refractivity contribution in [3.63, 3.8) is 0 Å². The van der Waals surface area contributed by atoms with Crippen molar-refractivity contribution in [3.05, 3.63) is 73.1 Å². The molecule has 2 aromatic carbocycles. The van der Waals surface area contributed by atoms with Crippen molar-refractivity contribution in [2.45, 2.75) is 0 Å². The van der Waals surface area contributed by atoms with Crippen LogP contribution in [0, 0.1) is 0 Å². The Kier molecular flexibility index (Phi) is 2.75. The summed E-state index contributed by atoms with van der Waals surface area (Å²) >= 11 is 0. The molecule has 0 radical (unpaired) electrons. The van der Waals surface area contributed by atoms with E-state index in [9.17, 15) is 0 Å². The Labute approximate surface area is 122 Å². The fourth-order valence-electron chi connectivity index (χ4n) is 2.55. The smallest absolute Gasteiger partial charge is 0.0722 e. The largest absolute Gasteiger partial charge is 0.354 e. The second-order valence-electron chi connectivity index (χ2n) is 4.88. The van der Waals surface area contributed by atoms with E-state index < -0.39 is 0 Å². The Morgan fingerprint density at radius 2 is 1.05 bits per heavy atom. The van der Waals surface area contributed by atoms with Crippen LogP contribution >= 0.6 is 0 Å². The molecule has 2 heterocycles. The number of aromatic nitrogens is 2. The van der Waals surface area contributed by atoms with Crippen LogP contribution in [0.3, 0.4) is 0 Å². The number of hydrogen-bond acceptors (Lipinski definition) is 3. The SMILES string of the molecule is c1ccc2c(Nc3ccnc4ccccc34)ccnc2c1. The molecule has 100 valence electrons. The van der Waals surface area contributed by atoms with E-state index in [0.717, 1.165) is 33.2 Å². The molecule has 4 rings (SSSR count). The average molecular weight is 271 g/mol. The summed E-state index contributed by atoms with van der Waals surface area (Å²) in [4.78, 5) is 8.79. The number of para-hydroxylation sites is 2. The molecule has 0 atom stereocenters. The van der Waals surface area contributed by atoms with Crippen LogP contribution in [0.25, 0.3) is 21.8 Å². The zero-order chi connectivity index (χ0) is 14.1. The summed E-state index contributed by atoms with van der Waals surface area (Å²) in [6.07, 6.45) is 3.65. The van der Waals surface area contributed by atoms with Gasteiger partial charge in [0.25, 0.3) is 0 Å². The summed E-state index contributed by atoms with van der Waals surface area (Å²) in [7, 11) is 0. The van der Waals surface area contributed by atoms with Crippen LogP contribution in [0.5, 0.6) is 0 Å². The maximum atomic E-state index is 4.39. The molecule has 4 aromatic rings. The summed E-state index contributed by atoms with van der Waals surface area (Å²) in [5.74, 6) is 0. The quantitative estimate of drug-likeness (QED) is 0.582. The lowest BCUT2D eigenvalue weighted by atomic mass is 10.1. The van der Waals surface area contributed by atoms with Gasteiger partial charge in [-0.3, -0.25) is 9.97 Å². The third-order valence-corrected chi connectivity index (χ3v) is 3.57.